The summed E-state index contributed by atoms with van der Waals surface area (Å²) >= 11 is 2.18. The van der Waals surface area contributed by atoms with Crippen LogP contribution in [0.3, 0.4) is 0 Å². The molecule has 7 aromatic rings. The first-order valence-electron chi connectivity index (χ1n) is 26.6. The number of hydrogen-bond acceptors (Lipinski definition) is 14. The molecule has 0 bridgehead atoms. The predicted molar refractivity (Wildman–Crippen MR) is 343 cm³/mol. The van der Waals surface area contributed by atoms with E-state index in [-0.39, 0.29) is 43.1 Å². The van der Waals surface area contributed by atoms with Gasteiger partial charge in [-0.05, 0) is 201 Å². The molecule has 454 valence electrons. The highest BCUT2D eigenvalue weighted by Gasteiger charge is 2.28. The van der Waals surface area contributed by atoms with E-state index in [9.17, 15) is 28.8 Å². The summed E-state index contributed by atoms with van der Waals surface area (Å²) in [4.78, 5) is 85.1. The topological polar surface area (TPSA) is 218 Å². The van der Waals surface area contributed by atoms with Crippen LogP contribution in [0.25, 0.3) is 11.1 Å². The van der Waals surface area contributed by atoms with Gasteiger partial charge in [-0.3, -0.25) is 29.4 Å². The van der Waals surface area contributed by atoms with Crippen LogP contribution in [0.15, 0.2) is 127 Å². The van der Waals surface area contributed by atoms with Crippen molar-refractivity contribution < 1.29 is 52.4 Å². The minimum atomic E-state index is -0.668. The Morgan fingerprint density at radius 2 is 1.04 bits per heavy atom. The molecule has 3 aromatic heterocycles. The number of nitrogens with zero attached hydrogens (tertiary/aromatic N) is 4. The van der Waals surface area contributed by atoms with E-state index in [0.29, 0.717) is 29.1 Å². The zero-order chi connectivity index (χ0) is 62.6. The Balaban J connectivity index is 0.000000333. The van der Waals surface area contributed by atoms with Crippen molar-refractivity contribution in [2.75, 3.05) is 43.6 Å². The molecular formula is C66H81IN6O12. The van der Waals surface area contributed by atoms with Gasteiger partial charge in [-0.1, -0.05) is 37.8 Å². The molecule has 19 heteroatoms. The van der Waals surface area contributed by atoms with Crippen LogP contribution in [-0.2, 0) is 36.8 Å². The fourth-order valence-corrected chi connectivity index (χ4v) is 8.49. The summed E-state index contributed by atoms with van der Waals surface area (Å²) in [6.07, 6.45) is 4.15. The highest BCUT2D eigenvalue weighted by molar-refractivity contribution is 14.1. The second-order valence-electron chi connectivity index (χ2n) is 21.3. The number of esters is 2. The summed E-state index contributed by atoms with van der Waals surface area (Å²) in [6, 6.07) is 31.3. The molecule has 3 amide bonds. The Morgan fingerprint density at radius 3 is 1.46 bits per heavy atom. The average Bonchev–Trinajstić information content (AvgIpc) is 3.00. The van der Waals surface area contributed by atoms with Crippen LogP contribution in [0.4, 0.5) is 26.7 Å². The zero-order valence-electron chi connectivity index (χ0n) is 51.0. The molecule has 3 heterocycles. The van der Waals surface area contributed by atoms with Gasteiger partial charge in [0.05, 0.1) is 64.0 Å². The molecule has 0 spiro atoms. The van der Waals surface area contributed by atoms with Crippen molar-refractivity contribution in [2.24, 2.45) is 0 Å². The highest BCUT2D eigenvalue weighted by atomic mass is 127. The van der Waals surface area contributed by atoms with Crippen LogP contribution >= 0.6 is 22.6 Å². The van der Waals surface area contributed by atoms with E-state index in [1.54, 1.807) is 72.8 Å². The number of aromatic nitrogens is 3. The second kappa shape index (κ2) is 32.5. The van der Waals surface area contributed by atoms with Gasteiger partial charge >= 0.3 is 24.1 Å². The maximum absolute atomic E-state index is 13.4. The Kier molecular flexibility index (Phi) is 27.0. The van der Waals surface area contributed by atoms with E-state index in [0.717, 1.165) is 71.0 Å². The third-order valence-electron chi connectivity index (χ3n) is 12.1. The number of benzene rings is 4. The molecule has 0 saturated carbocycles. The SMILES string of the molecule is C.CC(=O)Nc1ccc[nH]c1=O.COC(=O)c1ccc(-c2cc(C)cc(N(Cc3ncc(C)c(OC)c3C)C(=O)OC(C)(C)C)c2)cc1.COC(=O)c1ccc(I)cc1.COc1c(C)cnc(CN(C(=O)OC(C)(C)C)c2cccc(C)c2)c1C. The van der Waals surface area contributed by atoms with Gasteiger partial charge in [-0.25, -0.2) is 19.2 Å². The fraction of sp³-hybridized carbons (Fsp3) is 0.333. The lowest BCUT2D eigenvalue weighted by atomic mass is 10.0. The molecule has 0 radical (unpaired) electrons. The molecule has 0 aliphatic heterocycles. The van der Waals surface area contributed by atoms with Gasteiger partial charge in [0.25, 0.3) is 5.56 Å². The summed E-state index contributed by atoms with van der Waals surface area (Å²) in [5, 5.41) is 2.39. The number of aryl methyl sites for hydroxylation is 4. The van der Waals surface area contributed by atoms with Gasteiger partial charge in [-0.15, -0.1) is 0 Å². The molecule has 0 aliphatic rings. The second-order valence-corrected chi connectivity index (χ2v) is 22.5. The number of aromatic amines is 1. The van der Waals surface area contributed by atoms with Gasteiger partial charge in [0.15, 0.2) is 0 Å². The lowest BCUT2D eigenvalue weighted by Gasteiger charge is -2.28. The first-order valence-corrected chi connectivity index (χ1v) is 27.7. The largest absolute Gasteiger partial charge is 0.496 e. The summed E-state index contributed by atoms with van der Waals surface area (Å²) in [7, 11) is 6.00. The summed E-state index contributed by atoms with van der Waals surface area (Å²) in [5.74, 6) is 0.616. The van der Waals surface area contributed by atoms with E-state index in [1.807, 2.05) is 150 Å². The number of carbonyl (C=O) groups is 5. The summed E-state index contributed by atoms with van der Waals surface area (Å²) in [6.45, 7) is 24.7. The first-order chi connectivity index (χ1) is 39.5. The van der Waals surface area contributed by atoms with Crippen LogP contribution in [0, 0.1) is 45.1 Å². The predicted octanol–water partition coefficient (Wildman–Crippen LogP) is 14.4. The van der Waals surface area contributed by atoms with E-state index in [1.165, 1.54) is 27.3 Å². The molecule has 85 heavy (non-hydrogen) atoms. The van der Waals surface area contributed by atoms with Gasteiger partial charge < -0.3 is 38.7 Å². The third kappa shape index (κ3) is 21.8. The highest BCUT2D eigenvalue weighted by Crippen LogP contribution is 2.32. The van der Waals surface area contributed by atoms with Crippen molar-refractivity contribution >= 4 is 69.7 Å². The van der Waals surface area contributed by atoms with Gasteiger partial charge in [-0.2, -0.15) is 0 Å². The molecule has 0 aliphatic carbocycles. The van der Waals surface area contributed by atoms with E-state index in [2.05, 4.69) is 47.6 Å². The molecule has 0 atom stereocenters. The van der Waals surface area contributed by atoms with Crippen LogP contribution in [0.5, 0.6) is 11.5 Å². The molecule has 4 aromatic carbocycles. The maximum atomic E-state index is 13.4. The molecular weight excluding hydrogens is 1200 g/mol. The van der Waals surface area contributed by atoms with Crippen LogP contribution in [0.1, 0.15) is 121 Å². The first kappa shape index (κ1) is 70.7. The van der Waals surface area contributed by atoms with Crippen LogP contribution in [-0.4, -0.2) is 84.6 Å². The van der Waals surface area contributed by atoms with E-state index < -0.39 is 23.4 Å². The average molecular weight is 1280 g/mol. The molecule has 0 saturated heterocycles. The quantitative estimate of drug-likeness (QED) is 0.0661. The van der Waals surface area contributed by atoms with Gasteiger partial charge in [0, 0.05) is 62.7 Å². The third-order valence-corrected chi connectivity index (χ3v) is 12.8. The number of amides is 3. The Hall–Kier alpha value is -8.59. The molecule has 2 N–H and O–H groups in total. The normalized spacial score (nSPS) is 10.5. The van der Waals surface area contributed by atoms with E-state index in [4.69, 9.17) is 23.7 Å². The standard InChI is InChI=1S/C29H34N2O5.C21H28N2O3.C8H7IO2.C7H8N2O2.CH4/c1-18-13-23(21-9-11-22(12-10-21)27(32)35-8)15-24(14-18)31(28(33)36-29(4,5)6)17-25-20(3)26(34-7)19(2)16-30-25;1-14-9-8-10-17(11-14)23(20(24)26-21(4,5)6)13-18-16(3)19(25-7)15(2)12-22-18;1-11-8(10)6-2-4-7(9)5-3-6;1-5(10)9-6-3-2-4-8-7(6)11;/h9-16H,17H2,1-8H3;8-12H,13H2,1-7H3;2-5H,1H3;2-4H,1H3,(H,8,11)(H,9,10);1H4. The number of methoxy groups -OCH3 is 4. The number of H-pyrrole nitrogens is 1. The number of carbonyl (C=O) groups excluding carboxylic acids is 5. The summed E-state index contributed by atoms with van der Waals surface area (Å²) in [5.41, 5.74) is 10.3. The lowest BCUT2D eigenvalue weighted by Crippen LogP contribution is -2.37. The van der Waals surface area contributed by atoms with E-state index >= 15 is 0 Å². The number of pyridine rings is 3. The number of rotatable bonds is 12. The summed E-state index contributed by atoms with van der Waals surface area (Å²) < 4.78 is 32.9. The Morgan fingerprint density at radius 1 is 0.576 bits per heavy atom. The van der Waals surface area contributed by atoms with Crippen molar-refractivity contribution in [2.45, 2.75) is 122 Å². The zero-order valence-corrected chi connectivity index (χ0v) is 53.2. The van der Waals surface area contributed by atoms with Crippen molar-refractivity contribution in [3.63, 3.8) is 0 Å². The molecule has 18 nitrogen and oxygen atoms in total. The fourth-order valence-electron chi connectivity index (χ4n) is 8.13. The van der Waals surface area contributed by atoms with Crippen molar-refractivity contribution in [3.8, 4) is 22.6 Å². The smallest absolute Gasteiger partial charge is 0.415 e. The minimum Gasteiger partial charge on any atom is -0.496 e. The lowest BCUT2D eigenvalue weighted by molar-refractivity contribution is -0.114. The van der Waals surface area contributed by atoms with Crippen LogP contribution < -0.4 is 30.1 Å². The van der Waals surface area contributed by atoms with Crippen LogP contribution in [0.2, 0.25) is 0 Å². The van der Waals surface area contributed by atoms with Crippen molar-refractivity contribution in [1.29, 1.82) is 0 Å². The molecule has 0 unspecified atom stereocenters. The molecule has 0 fully saturated rings. The number of anilines is 3. The van der Waals surface area contributed by atoms with Crippen molar-refractivity contribution in [1.82, 2.24) is 15.0 Å². The van der Waals surface area contributed by atoms with Gasteiger partial charge in [0.1, 0.15) is 28.4 Å². The number of nitrogens with one attached hydrogen (secondary N) is 2. The maximum Gasteiger partial charge on any atom is 0.415 e. The Bertz CT molecular complexity index is 3460. The number of ether oxygens (including phenoxy) is 6. The van der Waals surface area contributed by atoms with Crippen molar-refractivity contribution in [3.05, 3.63) is 192 Å². The molecule has 7 rings (SSSR count). The minimum absolute atomic E-state index is 0. The number of halogens is 1. The van der Waals surface area contributed by atoms with Gasteiger partial charge in [0.2, 0.25) is 5.91 Å². The Labute approximate surface area is 513 Å². The number of hydrogen-bond donors (Lipinski definition) is 2. The monoisotopic (exact) mass is 1280 g/mol.